The van der Waals surface area contributed by atoms with Crippen molar-refractivity contribution in [3.63, 3.8) is 0 Å². The van der Waals surface area contributed by atoms with Crippen LogP contribution in [0.1, 0.15) is 0 Å². The maximum atomic E-state index is 11.4. The smallest absolute Gasteiger partial charge is 0.282 e. The Balaban J connectivity index is 2.05. The number of rotatable bonds is 3. The van der Waals surface area contributed by atoms with Crippen LogP contribution < -0.4 is 0 Å². The highest BCUT2D eigenvalue weighted by molar-refractivity contribution is 7.86. The van der Waals surface area contributed by atoms with Crippen molar-refractivity contribution < 1.29 is 13.0 Å². The van der Waals surface area contributed by atoms with Crippen molar-refractivity contribution in [2.75, 3.05) is 0 Å². The molecule has 0 aliphatic heterocycles. The van der Waals surface area contributed by atoms with Crippen LogP contribution in [-0.2, 0) is 10.1 Å². The molecule has 0 bridgehead atoms. The molecule has 110 valence electrons. The summed E-state index contributed by atoms with van der Waals surface area (Å²) in [5.74, 6) is 0.372. The molecule has 0 saturated heterocycles. The van der Waals surface area contributed by atoms with Gasteiger partial charge in [-0.15, -0.1) is 5.10 Å². The van der Waals surface area contributed by atoms with Gasteiger partial charge in [-0.1, -0.05) is 24.3 Å². The molecule has 3 aromatic rings. The second-order valence-corrected chi connectivity index (χ2v) is 5.76. The molecule has 2 heterocycles. The molecule has 0 unspecified atom stereocenters. The highest BCUT2D eigenvalue weighted by Gasteiger charge is 2.16. The Morgan fingerprint density at radius 2 is 1.77 bits per heavy atom. The molecule has 1 N–H and O–H groups in total. The summed E-state index contributed by atoms with van der Waals surface area (Å²) in [6.07, 6.45) is 4.46. The van der Waals surface area contributed by atoms with Gasteiger partial charge in [0.2, 0.25) is 0 Å². The van der Waals surface area contributed by atoms with Crippen LogP contribution >= 0.6 is 0 Å². The lowest BCUT2D eigenvalue weighted by molar-refractivity contribution is 0.483. The third-order valence-corrected chi connectivity index (χ3v) is 3.86. The van der Waals surface area contributed by atoms with Crippen LogP contribution in [-0.4, -0.2) is 33.1 Å². The molecule has 1 aromatic carbocycles. The highest BCUT2D eigenvalue weighted by Crippen LogP contribution is 2.27. The number of aromatic nitrogens is 4. The average molecular weight is 314 g/mol. The summed E-state index contributed by atoms with van der Waals surface area (Å²) < 4.78 is 32.1. The van der Waals surface area contributed by atoms with Gasteiger partial charge in [0.1, 0.15) is 10.6 Å². The van der Waals surface area contributed by atoms with E-state index in [4.69, 9.17) is 0 Å². The summed E-state index contributed by atoms with van der Waals surface area (Å²) in [5.41, 5.74) is 1.44. The van der Waals surface area contributed by atoms with E-state index in [2.05, 4.69) is 20.2 Å². The van der Waals surface area contributed by atoms with Crippen LogP contribution in [0.4, 0.5) is 0 Å². The Morgan fingerprint density at radius 3 is 2.41 bits per heavy atom. The highest BCUT2D eigenvalue weighted by atomic mass is 32.2. The first-order valence-electron chi connectivity index (χ1n) is 6.23. The van der Waals surface area contributed by atoms with Gasteiger partial charge in [-0.3, -0.25) is 9.54 Å². The van der Waals surface area contributed by atoms with Gasteiger partial charge in [0, 0.05) is 23.5 Å². The fraction of sp³-hybridized carbons (Fsp3) is 0. The minimum Gasteiger partial charge on any atom is -0.282 e. The van der Waals surface area contributed by atoms with E-state index in [0.29, 0.717) is 22.6 Å². The van der Waals surface area contributed by atoms with Gasteiger partial charge in [0.25, 0.3) is 10.1 Å². The number of hydrogen-bond acceptors (Lipinski definition) is 6. The fourth-order valence-corrected chi connectivity index (χ4v) is 2.69. The maximum Gasteiger partial charge on any atom is 0.295 e. The summed E-state index contributed by atoms with van der Waals surface area (Å²) in [5, 5.41) is 7.57. The lowest BCUT2D eigenvalue weighted by Crippen LogP contribution is -2.00. The maximum absolute atomic E-state index is 11.4. The van der Waals surface area contributed by atoms with Gasteiger partial charge < -0.3 is 0 Å². The zero-order valence-corrected chi connectivity index (χ0v) is 12.0. The molecule has 0 atom stereocenters. The Kier molecular flexibility index (Phi) is 3.61. The monoisotopic (exact) mass is 314 g/mol. The van der Waals surface area contributed by atoms with Gasteiger partial charge in [0.15, 0.2) is 5.82 Å². The molecule has 22 heavy (non-hydrogen) atoms. The predicted molar refractivity (Wildman–Crippen MR) is 78.3 cm³/mol. The minimum absolute atomic E-state index is 0.165. The standard InChI is InChI=1S/C14H10N4O3S/c19-22(20,21)13-4-2-1-3-11(13)10-5-6-12(16-9-10)14-15-7-8-17-18-14/h1-9H,(H,19,20,21). The second-order valence-electron chi connectivity index (χ2n) is 4.37. The molecule has 0 saturated carbocycles. The van der Waals surface area contributed by atoms with Crippen molar-refractivity contribution in [2.45, 2.75) is 4.90 Å². The minimum atomic E-state index is -4.31. The van der Waals surface area contributed by atoms with E-state index in [1.165, 1.54) is 30.7 Å². The number of benzene rings is 1. The zero-order valence-electron chi connectivity index (χ0n) is 11.2. The number of nitrogens with zero attached hydrogens (tertiary/aromatic N) is 4. The summed E-state index contributed by atoms with van der Waals surface area (Å²) in [4.78, 5) is 8.08. The van der Waals surface area contributed by atoms with Crippen LogP contribution in [0.5, 0.6) is 0 Å². The molecule has 0 spiro atoms. The second kappa shape index (κ2) is 5.58. The van der Waals surface area contributed by atoms with E-state index in [9.17, 15) is 13.0 Å². The fourth-order valence-electron chi connectivity index (χ4n) is 1.98. The summed E-state index contributed by atoms with van der Waals surface area (Å²) in [6.45, 7) is 0. The molecule has 7 nitrogen and oxygen atoms in total. The van der Waals surface area contributed by atoms with Crippen molar-refractivity contribution in [2.24, 2.45) is 0 Å². The Bertz CT molecular complexity index is 897. The Labute approximate surface area is 126 Å². The molecule has 3 rings (SSSR count). The van der Waals surface area contributed by atoms with E-state index in [1.807, 2.05) is 0 Å². The molecular weight excluding hydrogens is 304 g/mol. The van der Waals surface area contributed by atoms with Crippen LogP contribution in [0.15, 0.2) is 59.9 Å². The van der Waals surface area contributed by atoms with E-state index >= 15 is 0 Å². The summed E-state index contributed by atoms with van der Waals surface area (Å²) in [6, 6.07) is 9.50. The molecular formula is C14H10N4O3S. The van der Waals surface area contributed by atoms with Crippen molar-refractivity contribution in [3.05, 3.63) is 55.0 Å². The van der Waals surface area contributed by atoms with Crippen molar-refractivity contribution in [1.29, 1.82) is 0 Å². The molecule has 8 heteroatoms. The summed E-state index contributed by atoms with van der Waals surface area (Å²) >= 11 is 0. The van der Waals surface area contributed by atoms with Gasteiger partial charge >= 0.3 is 0 Å². The van der Waals surface area contributed by atoms with Gasteiger partial charge in [-0.2, -0.15) is 13.5 Å². The molecule has 0 radical (unpaired) electrons. The van der Waals surface area contributed by atoms with Crippen LogP contribution in [0.3, 0.4) is 0 Å². The SMILES string of the molecule is O=S(=O)(O)c1ccccc1-c1ccc(-c2nccnn2)nc1. The van der Waals surface area contributed by atoms with Gasteiger partial charge in [0.05, 0.1) is 6.20 Å². The molecule has 0 aliphatic rings. The Hall–Kier alpha value is -2.71. The number of pyridine rings is 1. The van der Waals surface area contributed by atoms with E-state index < -0.39 is 10.1 Å². The molecule has 0 fully saturated rings. The normalized spacial score (nSPS) is 11.3. The van der Waals surface area contributed by atoms with Crippen molar-refractivity contribution >= 4 is 10.1 Å². The predicted octanol–water partition coefficient (Wildman–Crippen LogP) is 1.85. The van der Waals surface area contributed by atoms with Crippen molar-refractivity contribution in [1.82, 2.24) is 20.2 Å². The van der Waals surface area contributed by atoms with Crippen LogP contribution in [0, 0.1) is 0 Å². The van der Waals surface area contributed by atoms with Crippen molar-refractivity contribution in [3.8, 4) is 22.6 Å². The lowest BCUT2D eigenvalue weighted by Gasteiger charge is -2.07. The van der Waals surface area contributed by atoms with E-state index in [-0.39, 0.29) is 4.90 Å². The third-order valence-electron chi connectivity index (χ3n) is 2.95. The topological polar surface area (TPSA) is 106 Å². The first-order chi connectivity index (χ1) is 10.6. The molecule has 0 aliphatic carbocycles. The average Bonchev–Trinajstić information content (AvgIpc) is 2.55. The molecule has 0 amide bonds. The third kappa shape index (κ3) is 2.83. The summed E-state index contributed by atoms with van der Waals surface area (Å²) in [7, 11) is -4.31. The van der Waals surface area contributed by atoms with Crippen LogP contribution in [0.2, 0.25) is 0 Å². The first-order valence-corrected chi connectivity index (χ1v) is 7.67. The Morgan fingerprint density at radius 1 is 0.955 bits per heavy atom. The van der Waals surface area contributed by atoms with Gasteiger partial charge in [-0.25, -0.2) is 4.98 Å². The lowest BCUT2D eigenvalue weighted by atomic mass is 10.1. The van der Waals surface area contributed by atoms with Crippen LogP contribution in [0.25, 0.3) is 22.6 Å². The van der Waals surface area contributed by atoms with E-state index in [0.717, 1.165) is 0 Å². The largest absolute Gasteiger partial charge is 0.295 e. The van der Waals surface area contributed by atoms with Gasteiger partial charge in [-0.05, 0) is 12.1 Å². The number of hydrogen-bond donors (Lipinski definition) is 1. The zero-order chi connectivity index (χ0) is 15.6. The quantitative estimate of drug-likeness (QED) is 0.735. The first kappa shape index (κ1) is 14.2. The molecule has 2 aromatic heterocycles. The van der Waals surface area contributed by atoms with E-state index in [1.54, 1.807) is 24.3 Å².